The summed E-state index contributed by atoms with van der Waals surface area (Å²) in [5, 5.41) is 3.77. The number of carbonyl (C=O) groups excluding carboxylic acids is 2. The first-order valence-electron chi connectivity index (χ1n) is 11.4. The summed E-state index contributed by atoms with van der Waals surface area (Å²) in [6.45, 7) is 3.18. The molecule has 0 aliphatic heterocycles. The molecular formula is C26H26Cl3N3O4S. The number of hydrogen-bond acceptors (Lipinski definition) is 4. The van der Waals surface area contributed by atoms with Crippen molar-refractivity contribution in [2.24, 2.45) is 0 Å². The third-order valence-electron chi connectivity index (χ3n) is 5.58. The Kier molecular flexibility index (Phi) is 9.84. The molecule has 0 radical (unpaired) electrons. The number of anilines is 1. The van der Waals surface area contributed by atoms with E-state index < -0.39 is 28.5 Å². The summed E-state index contributed by atoms with van der Waals surface area (Å²) >= 11 is 18.2. The van der Waals surface area contributed by atoms with Crippen molar-refractivity contribution in [3.05, 3.63) is 93.4 Å². The minimum Gasteiger partial charge on any atom is -0.355 e. The smallest absolute Gasteiger partial charge is 0.264 e. The summed E-state index contributed by atoms with van der Waals surface area (Å²) in [4.78, 5) is 27.8. The molecule has 0 fully saturated rings. The van der Waals surface area contributed by atoms with E-state index in [-0.39, 0.29) is 23.0 Å². The average molecular weight is 583 g/mol. The van der Waals surface area contributed by atoms with Crippen LogP contribution in [-0.4, -0.2) is 44.3 Å². The van der Waals surface area contributed by atoms with Gasteiger partial charge in [0.1, 0.15) is 12.6 Å². The molecule has 1 atom stereocenters. The number of carbonyl (C=O) groups is 2. The van der Waals surface area contributed by atoms with Gasteiger partial charge in [-0.25, -0.2) is 8.42 Å². The van der Waals surface area contributed by atoms with Gasteiger partial charge in [-0.3, -0.25) is 13.9 Å². The van der Waals surface area contributed by atoms with Crippen molar-refractivity contribution in [1.29, 1.82) is 0 Å². The summed E-state index contributed by atoms with van der Waals surface area (Å²) in [6.07, 6.45) is 0. The molecule has 1 N–H and O–H groups in total. The molecule has 3 aromatic rings. The van der Waals surface area contributed by atoms with E-state index >= 15 is 0 Å². The third kappa shape index (κ3) is 7.17. The van der Waals surface area contributed by atoms with Crippen LogP contribution in [0.4, 0.5) is 5.69 Å². The highest BCUT2D eigenvalue weighted by Gasteiger charge is 2.32. The number of sulfonamides is 1. The predicted molar refractivity (Wildman–Crippen MR) is 148 cm³/mol. The zero-order valence-electron chi connectivity index (χ0n) is 20.2. The molecule has 1 unspecified atom stereocenters. The summed E-state index contributed by atoms with van der Waals surface area (Å²) in [6, 6.07) is 17.9. The Labute approximate surface area is 232 Å². The van der Waals surface area contributed by atoms with Gasteiger partial charge in [0.2, 0.25) is 11.8 Å². The molecule has 0 heterocycles. The molecule has 0 aliphatic carbocycles. The largest absolute Gasteiger partial charge is 0.355 e. The molecule has 3 aromatic carbocycles. The average Bonchev–Trinajstić information content (AvgIpc) is 2.88. The van der Waals surface area contributed by atoms with Crippen LogP contribution < -0.4 is 9.62 Å². The monoisotopic (exact) mass is 581 g/mol. The van der Waals surface area contributed by atoms with Gasteiger partial charge in [-0.1, -0.05) is 59.1 Å². The maximum absolute atomic E-state index is 13.7. The number of nitrogens with one attached hydrogen (secondary N) is 1. The summed E-state index contributed by atoms with van der Waals surface area (Å²) in [5.41, 5.74) is 0.879. The van der Waals surface area contributed by atoms with E-state index in [0.717, 1.165) is 4.31 Å². The summed E-state index contributed by atoms with van der Waals surface area (Å²) in [5.74, 6) is -0.959. The van der Waals surface area contributed by atoms with Crippen molar-refractivity contribution in [2.75, 3.05) is 17.4 Å². The Bertz CT molecular complexity index is 1350. The molecule has 37 heavy (non-hydrogen) atoms. The minimum absolute atomic E-state index is 0.00780. The first kappa shape index (κ1) is 28.8. The van der Waals surface area contributed by atoms with Crippen LogP contribution in [0.25, 0.3) is 0 Å². The summed E-state index contributed by atoms with van der Waals surface area (Å²) < 4.78 is 28.3. The van der Waals surface area contributed by atoms with Crippen LogP contribution in [0.15, 0.2) is 77.7 Å². The molecule has 11 heteroatoms. The standard InChI is InChI=1S/C26H26Cl3N3O4S/c1-3-30-26(34)18(2)31(16-19-9-14-23(28)24(29)15-19)25(33)17-32(21-12-10-20(27)11-13-21)37(35,36)22-7-5-4-6-8-22/h4-15,18H,3,16-17H2,1-2H3,(H,30,34). The summed E-state index contributed by atoms with van der Waals surface area (Å²) in [7, 11) is -4.13. The number of amides is 2. The molecule has 0 bridgehead atoms. The van der Waals surface area contributed by atoms with E-state index in [2.05, 4.69) is 5.32 Å². The van der Waals surface area contributed by atoms with Gasteiger partial charge in [0, 0.05) is 18.1 Å². The first-order chi connectivity index (χ1) is 17.5. The second-order valence-electron chi connectivity index (χ2n) is 8.14. The molecule has 7 nitrogen and oxygen atoms in total. The van der Waals surface area contributed by atoms with Gasteiger partial charge < -0.3 is 10.2 Å². The molecule has 196 valence electrons. The molecule has 0 saturated heterocycles. The van der Waals surface area contributed by atoms with E-state index in [4.69, 9.17) is 34.8 Å². The maximum atomic E-state index is 13.7. The van der Waals surface area contributed by atoms with Gasteiger partial charge >= 0.3 is 0 Å². The van der Waals surface area contributed by atoms with Crippen molar-refractivity contribution < 1.29 is 18.0 Å². The Balaban J connectivity index is 2.02. The Morgan fingerprint density at radius 3 is 2.16 bits per heavy atom. The highest BCUT2D eigenvalue weighted by molar-refractivity contribution is 7.92. The lowest BCUT2D eigenvalue weighted by Crippen LogP contribution is -2.51. The van der Waals surface area contributed by atoms with Crippen LogP contribution in [0.1, 0.15) is 19.4 Å². The molecule has 0 spiro atoms. The van der Waals surface area contributed by atoms with E-state index in [1.165, 1.54) is 29.2 Å². The van der Waals surface area contributed by atoms with Gasteiger partial charge in [0.05, 0.1) is 20.6 Å². The lowest BCUT2D eigenvalue weighted by atomic mass is 10.1. The molecule has 0 saturated carbocycles. The fourth-order valence-electron chi connectivity index (χ4n) is 3.60. The van der Waals surface area contributed by atoms with Gasteiger partial charge in [-0.15, -0.1) is 0 Å². The van der Waals surface area contributed by atoms with Crippen LogP contribution >= 0.6 is 34.8 Å². The number of hydrogen-bond donors (Lipinski definition) is 1. The van der Waals surface area contributed by atoms with E-state index in [1.807, 2.05) is 0 Å². The Morgan fingerprint density at radius 1 is 0.919 bits per heavy atom. The number of nitrogens with zero attached hydrogens (tertiary/aromatic N) is 2. The molecule has 0 aromatic heterocycles. The van der Waals surface area contributed by atoms with Gasteiger partial charge in [-0.2, -0.15) is 0 Å². The van der Waals surface area contributed by atoms with Crippen molar-refractivity contribution in [3.8, 4) is 0 Å². The van der Waals surface area contributed by atoms with Crippen LogP contribution in [-0.2, 0) is 26.2 Å². The van der Waals surface area contributed by atoms with E-state index in [1.54, 1.807) is 62.4 Å². The van der Waals surface area contributed by atoms with Crippen molar-refractivity contribution in [1.82, 2.24) is 10.2 Å². The quantitative estimate of drug-likeness (QED) is 0.347. The predicted octanol–water partition coefficient (Wildman–Crippen LogP) is 5.40. The van der Waals surface area contributed by atoms with Crippen LogP contribution in [0.2, 0.25) is 15.1 Å². The second-order valence-corrected chi connectivity index (χ2v) is 11.3. The minimum atomic E-state index is -4.13. The van der Waals surface area contributed by atoms with Crippen LogP contribution in [0.3, 0.4) is 0 Å². The molecular weight excluding hydrogens is 557 g/mol. The lowest BCUT2D eigenvalue weighted by molar-refractivity contribution is -0.139. The van der Waals surface area contributed by atoms with Gasteiger partial charge in [-0.05, 0) is 67.9 Å². The topological polar surface area (TPSA) is 86.8 Å². The zero-order chi connectivity index (χ0) is 27.2. The van der Waals surface area contributed by atoms with Crippen LogP contribution in [0, 0.1) is 0 Å². The highest BCUT2D eigenvalue weighted by atomic mass is 35.5. The zero-order valence-corrected chi connectivity index (χ0v) is 23.3. The van der Waals surface area contributed by atoms with Gasteiger partial charge in [0.25, 0.3) is 10.0 Å². The molecule has 3 rings (SSSR count). The first-order valence-corrected chi connectivity index (χ1v) is 14.0. The fourth-order valence-corrected chi connectivity index (χ4v) is 5.48. The normalized spacial score (nSPS) is 12.0. The van der Waals surface area contributed by atoms with Gasteiger partial charge in [0.15, 0.2) is 0 Å². The Morgan fingerprint density at radius 2 is 1.57 bits per heavy atom. The third-order valence-corrected chi connectivity index (χ3v) is 8.36. The van der Waals surface area contributed by atoms with E-state index in [9.17, 15) is 18.0 Å². The van der Waals surface area contributed by atoms with E-state index in [0.29, 0.717) is 27.2 Å². The highest BCUT2D eigenvalue weighted by Crippen LogP contribution is 2.27. The number of halogens is 3. The Hall–Kier alpha value is -2.78. The fraction of sp³-hybridized carbons (Fsp3) is 0.231. The molecule has 2 amide bonds. The van der Waals surface area contributed by atoms with Crippen molar-refractivity contribution in [2.45, 2.75) is 31.3 Å². The number of likely N-dealkylation sites (N-methyl/N-ethyl adjacent to an activating group) is 1. The maximum Gasteiger partial charge on any atom is 0.264 e. The number of benzene rings is 3. The lowest BCUT2D eigenvalue weighted by Gasteiger charge is -2.32. The number of rotatable bonds is 10. The molecule has 0 aliphatic rings. The van der Waals surface area contributed by atoms with Crippen LogP contribution in [0.5, 0.6) is 0 Å². The second kappa shape index (κ2) is 12.6. The SMILES string of the molecule is CCNC(=O)C(C)N(Cc1ccc(Cl)c(Cl)c1)C(=O)CN(c1ccc(Cl)cc1)S(=O)(=O)c1ccccc1. The van der Waals surface area contributed by atoms with Crippen molar-refractivity contribution >= 4 is 62.3 Å². The van der Waals surface area contributed by atoms with Crippen molar-refractivity contribution in [3.63, 3.8) is 0 Å².